The van der Waals surface area contributed by atoms with E-state index in [1.165, 1.54) is 31.2 Å². The molecule has 2 N–H and O–H groups in total. The zero-order chi connectivity index (χ0) is 26.4. The topological polar surface area (TPSA) is 157 Å². The van der Waals surface area contributed by atoms with Crippen molar-refractivity contribution < 1.29 is 43.3 Å². The smallest absolute Gasteiger partial charge is 0.371 e. The van der Waals surface area contributed by atoms with E-state index in [-0.39, 0.29) is 46.8 Å². The number of aldehydes is 1. The van der Waals surface area contributed by atoms with Crippen molar-refractivity contribution in [2.45, 2.75) is 13.8 Å². The summed E-state index contributed by atoms with van der Waals surface area (Å²) < 4.78 is 16.6. The van der Waals surface area contributed by atoms with E-state index in [9.17, 15) is 24.0 Å². The number of benzene rings is 2. The number of ether oxygens (including phenoxy) is 2. The highest BCUT2D eigenvalue weighted by Crippen LogP contribution is 2.26. The molecule has 2 aromatic carbocycles. The number of ketones is 1. The Kier molecular flexibility index (Phi) is 8.00. The number of fused-ring (bicyclic) bond motifs is 1. The Labute approximate surface area is 204 Å². The second kappa shape index (κ2) is 11.1. The molecule has 0 saturated carbocycles. The van der Waals surface area contributed by atoms with E-state index in [1.54, 1.807) is 19.1 Å². The SMILES string of the molecule is C/C(=C\C(=O)c1c(C)cccc1OCC(C=O)COc1cccc2oc(C(=O)O)cc(=O)c12)C(=O)O. The maximum Gasteiger partial charge on any atom is 0.371 e. The number of aliphatic carboxylic acids is 1. The Morgan fingerprint density at radius 1 is 1.03 bits per heavy atom. The van der Waals surface area contributed by atoms with Crippen molar-refractivity contribution in [1.29, 1.82) is 0 Å². The van der Waals surface area contributed by atoms with Crippen molar-refractivity contribution in [3.63, 3.8) is 0 Å². The predicted molar refractivity (Wildman–Crippen MR) is 127 cm³/mol. The van der Waals surface area contributed by atoms with Crippen LogP contribution in [0.2, 0.25) is 0 Å². The Morgan fingerprint density at radius 3 is 2.31 bits per heavy atom. The number of carbonyl (C=O) groups excluding carboxylic acids is 2. The molecule has 36 heavy (non-hydrogen) atoms. The zero-order valence-electron chi connectivity index (χ0n) is 19.3. The van der Waals surface area contributed by atoms with Crippen molar-refractivity contribution in [1.82, 2.24) is 0 Å². The van der Waals surface area contributed by atoms with E-state index in [0.717, 1.165) is 12.1 Å². The molecule has 0 amide bonds. The molecule has 0 aliphatic rings. The highest BCUT2D eigenvalue weighted by Gasteiger charge is 2.19. The summed E-state index contributed by atoms with van der Waals surface area (Å²) in [6.45, 7) is 2.62. The molecule has 0 aliphatic heterocycles. The molecule has 186 valence electrons. The molecular formula is C26H22O10. The van der Waals surface area contributed by atoms with Gasteiger partial charge in [-0.25, -0.2) is 9.59 Å². The normalized spacial score (nSPS) is 12.1. The van der Waals surface area contributed by atoms with E-state index in [4.69, 9.17) is 24.1 Å². The van der Waals surface area contributed by atoms with E-state index in [1.807, 2.05) is 0 Å². The predicted octanol–water partition coefficient (Wildman–Crippen LogP) is 3.29. The van der Waals surface area contributed by atoms with Crippen LogP contribution in [0.25, 0.3) is 11.0 Å². The van der Waals surface area contributed by atoms with E-state index >= 15 is 0 Å². The third-order valence-electron chi connectivity index (χ3n) is 5.19. The number of hydrogen-bond acceptors (Lipinski definition) is 8. The van der Waals surface area contributed by atoms with Gasteiger partial charge in [0.1, 0.15) is 42.0 Å². The number of aryl methyl sites for hydroxylation is 1. The van der Waals surface area contributed by atoms with E-state index in [2.05, 4.69) is 0 Å². The molecule has 1 atom stereocenters. The lowest BCUT2D eigenvalue weighted by Gasteiger charge is -2.16. The summed E-state index contributed by atoms with van der Waals surface area (Å²) in [5.74, 6) is -4.20. The number of allylic oxidation sites excluding steroid dienone is 1. The molecule has 0 spiro atoms. The monoisotopic (exact) mass is 494 g/mol. The van der Waals surface area contributed by atoms with Gasteiger partial charge in [-0.15, -0.1) is 0 Å². The number of rotatable bonds is 11. The second-order valence-corrected chi connectivity index (χ2v) is 7.87. The standard InChI is InChI=1S/C26H22O10/c1-14-5-3-6-19(23(14)17(28)9-15(2)25(30)31)34-12-16(11-27)13-35-20-7-4-8-21-24(20)18(29)10-22(36-21)26(32)33/h3-11,16H,12-13H2,1-2H3,(H,30,31)(H,32,33)/b15-9+. The van der Waals surface area contributed by atoms with Gasteiger partial charge in [-0.3, -0.25) is 9.59 Å². The highest BCUT2D eigenvalue weighted by atomic mass is 16.5. The minimum atomic E-state index is -1.39. The number of aromatic carboxylic acids is 1. The third kappa shape index (κ3) is 5.84. The fourth-order valence-electron chi connectivity index (χ4n) is 3.33. The van der Waals surface area contributed by atoms with Gasteiger partial charge >= 0.3 is 11.9 Å². The maximum absolute atomic E-state index is 12.7. The first-order chi connectivity index (χ1) is 17.1. The molecule has 0 saturated heterocycles. The van der Waals surface area contributed by atoms with Gasteiger partial charge in [-0.05, 0) is 43.7 Å². The van der Waals surface area contributed by atoms with Crippen LogP contribution in [0.15, 0.2) is 63.3 Å². The first kappa shape index (κ1) is 25.9. The van der Waals surface area contributed by atoms with Crippen LogP contribution < -0.4 is 14.9 Å². The first-order valence-electron chi connectivity index (χ1n) is 10.7. The summed E-state index contributed by atoms with van der Waals surface area (Å²) in [6, 6.07) is 10.1. The quantitative estimate of drug-likeness (QED) is 0.230. The van der Waals surface area contributed by atoms with Gasteiger partial charge in [-0.1, -0.05) is 18.2 Å². The summed E-state index contributed by atoms with van der Waals surface area (Å²) in [4.78, 5) is 58.9. The van der Waals surface area contributed by atoms with E-state index < -0.39 is 34.8 Å². The van der Waals surface area contributed by atoms with Gasteiger partial charge in [0.05, 0.1) is 11.5 Å². The van der Waals surface area contributed by atoms with Crippen molar-refractivity contribution in [3.8, 4) is 11.5 Å². The Balaban J connectivity index is 1.77. The highest BCUT2D eigenvalue weighted by molar-refractivity contribution is 6.10. The number of carbonyl (C=O) groups is 4. The van der Waals surface area contributed by atoms with Crippen LogP contribution in [-0.2, 0) is 9.59 Å². The summed E-state index contributed by atoms with van der Waals surface area (Å²) in [6.07, 6.45) is 1.60. The average molecular weight is 494 g/mol. The molecule has 3 rings (SSSR count). The lowest BCUT2D eigenvalue weighted by Crippen LogP contribution is -2.22. The van der Waals surface area contributed by atoms with Crippen molar-refractivity contribution in [3.05, 3.63) is 81.2 Å². The molecule has 10 nitrogen and oxygen atoms in total. The van der Waals surface area contributed by atoms with Crippen LogP contribution in [0.4, 0.5) is 0 Å². The van der Waals surface area contributed by atoms with E-state index in [0.29, 0.717) is 11.8 Å². The lowest BCUT2D eigenvalue weighted by molar-refractivity contribution is -0.132. The van der Waals surface area contributed by atoms with Gasteiger partial charge in [0.2, 0.25) is 5.76 Å². The van der Waals surface area contributed by atoms with Crippen LogP contribution >= 0.6 is 0 Å². The Bertz CT molecular complexity index is 1430. The number of hydrogen-bond donors (Lipinski definition) is 2. The van der Waals surface area contributed by atoms with Gasteiger partial charge in [0, 0.05) is 11.6 Å². The summed E-state index contributed by atoms with van der Waals surface area (Å²) >= 11 is 0. The van der Waals surface area contributed by atoms with Crippen molar-refractivity contribution in [2.75, 3.05) is 13.2 Å². The summed E-state index contributed by atoms with van der Waals surface area (Å²) in [5.41, 5.74) is 0.00160. The van der Waals surface area contributed by atoms with Crippen LogP contribution in [0.1, 0.15) is 33.4 Å². The van der Waals surface area contributed by atoms with Crippen LogP contribution in [0.3, 0.4) is 0 Å². The van der Waals surface area contributed by atoms with Crippen molar-refractivity contribution in [2.24, 2.45) is 5.92 Å². The zero-order valence-corrected chi connectivity index (χ0v) is 19.3. The molecule has 3 aromatic rings. The number of carboxylic acids is 2. The fraction of sp³-hybridized carbons (Fsp3) is 0.192. The van der Waals surface area contributed by atoms with Crippen LogP contribution in [0, 0.1) is 12.8 Å². The average Bonchev–Trinajstić information content (AvgIpc) is 2.83. The molecule has 10 heteroatoms. The molecular weight excluding hydrogens is 472 g/mol. The number of carboxylic acid groups (broad SMARTS) is 2. The minimum Gasteiger partial charge on any atom is -0.492 e. The molecule has 0 aliphatic carbocycles. The van der Waals surface area contributed by atoms with Gasteiger partial charge in [-0.2, -0.15) is 0 Å². The largest absolute Gasteiger partial charge is 0.492 e. The Hall–Kier alpha value is -4.73. The van der Waals surface area contributed by atoms with Crippen LogP contribution in [-0.4, -0.2) is 47.4 Å². The second-order valence-electron chi connectivity index (χ2n) is 7.87. The van der Waals surface area contributed by atoms with Gasteiger partial charge < -0.3 is 28.9 Å². The van der Waals surface area contributed by atoms with Gasteiger partial charge in [0.25, 0.3) is 0 Å². The van der Waals surface area contributed by atoms with Crippen LogP contribution in [0.5, 0.6) is 11.5 Å². The molecule has 1 heterocycles. The third-order valence-corrected chi connectivity index (χ3v) is 5.19. The summed E-state index contributed by atoms with van der Waals surface area (Å²) in [5, 5.41) is 18.1. The molecule has 1 unspecified atom stereocenters. The lowest BCUT2D eigenvalue weighted by atomic mass is 10.0. The van der Waals surface area contributed by atoms with Gasteiger partial charge in [0.15, 0.2) is 11.2 Å². The molecule has 0 fully saturated rings. The molecule has 0 radical (unpaired) electrons. The minimum absolute atomic E-state index is 0.0175. The molecule has 0 bridgehead atoms. The maximum atomic E-state index is 12.7. The molecule has 1 aromatic heterocycles. The van der Waals surface area contributed by atoms with Crippen molar-refractivity contribution >= 4 is 35.0 Å². The fourth-order valence-corrected chi connectivity index (χ4v) is 3.33. The first-order valence-corrected chi connectivity index (χ1v) is 10.7. The Morgan fingerprint density at radius 2 is 1.67 bits per heavy atom. The summed E-state index contributed by atoms with van der Waals surface area (Å²) in [7, 11) is 0.